The molecule has 0 bridgehead atoms. The number of para-hydroxylation sites is 1. The normalized spacial score (nSPS) is 19.7. The Labute approximate surface area is 177 Å². The minimum atomic E-state index is -0.288. The molecule has 0 amide bonds. The summed E-state index contributed by atoms with van der Waals surface area (Å²) in [6.45, 7) is 4.69. The van der Waals surface area contributed by atoms with Crippen LogP contribution in [-0.4, -0.2) is 36.4 Å². The lowest BCUT2D eigenvalue weighted by Crippen LogP contribution is -2.70. The summed E-state index contributed by atoms with van der Waals surface area (Å²) in [4.78, 5) is 16.0. The minimum Gasteiger partial charge on any atom is -0.497 e. The molecule has 1 unspecified atom stereocenters. The lowest BCUT2D eigenvalue weighted by Gasteiger charge is -2.56. The molecule has 152 valence electrons. The van der Waals surface area contributed by atoms with Gasteiger partial charge in [-0.2, -0.15) is 0 Å². The number of fused-ring (bicyclic) bond motifs is 1. The fraction of sp³-hybridized carbons (Fsp3) is 0.269. The molecule has 0 aromatic heterocycles. The van der Waals surface area contributed by atoms with Crippen LogP contribution >= 0.6 is 0 Å². The van der Waals surface area contributed by atoms with Gasteiger partial charge in [-0.05, 0) is 42.3 Å². The Hall–Kier alpha value is -3.11. The van der Waals surface area contributed by atoms with E-state index < -0.39 is 0 Å². The molecular formula is C26H26N2O2. The van der Waals surface area contributed by atoms with Crippen LogP contribution in [0.5, 0.6) is 5.75 Å². The summed E-state index contributed by atoms with van der Waals surface area (Å²) in [6.07, 6.45) is 0. The van der Waals surface area contributed by atoms with Crippen molar-refractivity contribution in [2.45, 2.75) is 24.9 Å². The highest BCUT2D eigenvalue weighted by molar-refractivity contribution is 6.08. The molecule has 2 heterocycles. The van der Waals surface area contributed by atoms with E-state index in [-0.39, 0.29) is 17.2 Å². The number of anilines is 1. The zero-order valence-corrected chi connectivity index (χ0v) is 17.4. The van der Waals surface area contributed by atoms with Gasteiger partial charge in [0, 0.05) is 30.9 Å². The van der Waals surface area contributed by atoms with E-state index in [1.165, 1.54) is 11.1 Å². The first-order chi connectivity index (χ1) is 14.6. The van der Waals surface area contributed by atoms with Crippen molar-refractivity contribution in [2.75, 3.05) is 25.5 Å². The van der Waals surface area contributed by atoms with Crippen molar-refractivity contribution in [3.05, 3.63) is 95.1 Å². The van der Waals surface area contributed by atoms with Gasteiger partial charge in [0.15, 0.2) is 5.78 Å². The van der Waals surface area contributed by atoms with Crippen molar-refractivity contribution < 1.29 is 9.53 Å². The number of nitrogens with one attached hydrogen (secondary N) is 1. The van der Waals surface area contributed by atoms with Crippen molar-refractivity contribution in [1.82, 2.24) is 4.90 Å². The van der Waals surface area contributed by atoms with Gasteiger partial charge < -0.3 is 10.1 Å². The van der Waals surface area contributed by atoms with E-state index in [0.717, 1.165) is 42.2 Å². The summed E-state index contributed by atoms with van der Waals surface area (Å²) in [7, 11) is 1.66. The number of methoxy groups -OCH3 is 1. The van der Waals surface area contributed by atoms with E-state index in [2.05, 4.69) is 41.4 Å². The minimum absolute atomic E-state index is 0.199. The number of Topliss-reactive ketones (excluding diaryl/α,β-unsaturated/α-hetero) is 1. The van der Waals surface area contributed by atoms with Gasteiger partial charge in [-0.15, -0.1) is 0 Å². The van der Waals surface area contributed by atoms with Crippen molar-refractivity contribution in [1.29, 1.82) is 0 Å². The van der Waals surface area contributed by atoms with Gasteiger partial charge in [0.25, 0.3) is 0 Å². The second kappa shape index (κ2) is 7.29. The van der Waals surface area contributed by atoms with Crippen LogP contribution in [0.2, 0.25) is 0 Å². The highest BCUT2D eigenvalue weighted by Gasteiger charge is 2.54. The van der Waals surface area contributed by atoms with Crippen LogP contribution in [-0.2, 0) is 6.54 Å². The first kappa shape index (κ1) is 18.9. The Balaban J connectivity index is 1.46. The monoisotopic (exact) mass is 398 g/mol. The third-order valence-corrected chi connectivity index (χ3v) is 6.34. The van der Waals surface area contributed by atoms with E-state index in [4.69, 9.17) is 4.74 Å². The molecule has 5 rings (SSSR count). The molecular weight excluding hydrogens is 372 g/mol. The first-order valence-corrected chi connectivity index (χ1v) is 10.4. The Morgan fingerprint density at radius 1 is 1.03 bits per heavy atom. The van der Waals surface area contributed by atoms with E-state index in [1.807, 2.05) is 48.5 Å². The predicted octanol–water partition coefficient (Wildman–Crippen LogP) is 4.65. The van der Waals surface area contributed by atoms with Crippen molar-refractivity contribution in [3.8, 4) is 5.75 Å². The molecule has 3 aromatic carbocycles. The third kappa shape index (κ3) is 3.17. The first-order valence-electron chi connectivity index (χ1n) is 10.4. The number of hydrogen-bond acceptors (Lipinski definition) is 4. The van der Waals surface area contributed by atoms with Crippen LogP contribution in [0.1, 0.15) is 33.0 Å². The lowest BCUT2D eigenvalue weighted by molar-refractivity contribution is 0.0482. The van der Waals surface area contributed by atoms with Crippen molar-refractivity contribution >= 4 is 11.5 Å². The number of rotatable bonds is 4. The second-order valence-electron chi connectivity index (χ2n) is 8.53. The van der Waals surface area contributed by atoms with E-state index in [9.17, 15) is 4.79 Å². The molecule has 1 atom stereocenters. The zero-order valence-electron chi connectivity index (χ0n) is 17.4. The summed E-state index contributed by atoms with van der Waals surface area (Å²) < 4.78 is 5.32. The van der Waals surface area contributed by atoms with E-state index >= 15 is 0 Å². The number of carbonyl (C=O) groups excluding carboxylic acids is 1. The van der Waals surface area contributed by atoms with Gasteiger partial charge in [-0.1, -0.05) is 54.1 Å². The predicted molar refractivity (Wildman–Crippen MR) is 119 cm³/mol. The molecule has 0 saturated carbocycles. The molecule has 30 heavy (non-hydrogen) atoms. The maximum absolute atomic E-state index is 13.6. The quantitative estimate of drug-likeness (QED) is 0.695. The van der Waals surface area contributed by atoms with Gasteiger partial charge in [0.05, 0.1) is 18.6 Å². The molecule has 1 spiro atoms. The lowest BCUT2D eigenvalue weighted by atomic mass is 9.67. The molecule has 4 nitrogen and oxygen atoms in total. The summed E-state index contributed by atoms with van der Waals surface area (Å²) in [6, 6.07) is 24.5. The van der Waals surface area contributed by atoms with Crippen molar-refractivity contribution in [2.24, 2.45) is 0 Å². The topological polar surface area (TPSA) is 41.6 Å². The van der Waals surface area contributed by atoms with E-state index in [1.54, 1.807) is 7.11 Å². The molecule has 2 aliphatic heterocycles. The van der Waals surface area contributed by atoms with E-state index in [0.29, 0.717) is 0 Å². The van der Waals surface area contributed by atoms with Crippen LogP contribution in [0.4, 0.5) is 5.69 Å². The largest absolute Gasteiger partial charge is 0.497 e. The molecule has 1 saturated heterocycles. The Kier molecular flexibility index (Phi) is 4.59. The Bertz CT molecular complexity index is 1080. The maximum atomic E-state index is 13.6. The Morgan fingerprint density at radius 2 is 1.80 bits per heavy atom. The average molecular weight is 399 g/mol. The van der Waals surface area contributed by atoms with Crippen LogP contribution < -0.4 is 10.1 Å². The number of ketones is 1. The molecule has 1 N–H and O–H groups in total. The number of ether oxygens (including phenoxy) is 1. The van der Waals surface area contributed by atoms with Crippen LogP contribution in [0.3, 0.4) is 0 Å². The highest BCUT2D eigenvalue weighted by Crippen LogP contribution is 2.46. The van der Waals surface area contributed by atoms with Gasteiger partial charge in [0.2, 0.25) is 0 Å². The van der Waals surface area contributed by atoms with Crippen LogP contribution in [0.25, 0.3) is 0 Å². The molecule has 4 heteroatoms. The summed E-state index contributed by atoms with van der Waals surface area (Å²) in [5, 5.41) is 3.75. The summed E-state index contributed by atoms with van der Waals surface area (Å²) in [5.74, 6) is 0.788. The number of benzene rings is 3. The highest BCUT2D eigenvalue weighted by atomic mass is 16.5. The maximum Gasteiger partial charge on any atom is 0.174 e. The molecule has 0 radical (unpaired) electrons. The number of carbonyl (C=O) groups is 1. The fourth-order valence-electron chi connectivity index (χ4n) is 5.01. The molecule has 1 fully saturated rings. The third-order valence-electron chi connectivity index (χ3n) is 6.34. The Morgan fingerprint density at radius 3 is 2.53 bits per heavy atom. The average Bonchev–Trinajstić information content (AvgIpc) is 2.73. The van der Waals surface area contributed by atoms with Crippen molar-refractivity contribution in [3.63, 3.8) is 0 Å². The molecule has 0 aliphatic carbocycles. The standard InChI is InChI=1S/C26H26N2O2/c1-18-6-5-7-19(14-18)15-28-16-26(17-28)24(20-10-12-21(30-2)13-11-20)25(29)22-8-3-4-9-23(22)27-26/h3-14,24,27H,15-17H2,1-2H3. The number of aryl methyl sites for hydroxylation is 1. The fourth-order valence-corrected chi connectivity index (χ4v) is 5.01. The molecule has 2 aliphatic rings. The summed E-state index contributed by atoms with van der Waals surface area (Å²) >= 11 is 0. The van der Waals surface area contributed by atoms with Gasteiger partial charge in [-0.25, -0.2) is 0 Å². The van der Waals surface area contributed by atoms with Gasteiger partial charge in [-0.3, -0.25) is 9.69 Å². The van der Waals surface area contributed by atoms with Crippen LogP contribution in [0.15, 0.2) is 72.8 Å². The zero-order chi connectivity index (χ0) is 20.7. The SMILES string of the molecule is COc1ccc(C2C(=O)c3ccccc3NC23CN(Cc2cccc(C)c2)C3)cc1. The molecule has 3 aromatic rings. The smallest absolute Gasteiger partial charge is 0.174 e. The number of likely N-dealkylation sites (tertiary alicyclic amines) is 1. The summed E-state index contributed by atoms with van der Waals surface area (Å²) in [5.41, 5.74) is 5.07. The van der Waals surface area contributed by atoms with Crippen LogP contribution in [0, 0.1) is 6.92 Å². The number of nitrogens with zero attached hydrogens (tertiary/aromatic N) is 1. The number of hydrogen-bond donors (Lipinski definition) is 1. The van der Waals surface area contributed by atoms with Gasteiger partial charge >= 0.3 is 0 Å². The second-order valence-corrected chi connectivity index (χ2v) is 8.53. The van der Waals surface area contributed by atoms with Gasteiger partial charge in [0.1, 0.15) is 5.75 Å².